The third kappa shape index (κ3) is 4.38. The number of para-hydroxylation sites is 1. The van der Waals surface area contributed by atoms with Gasteiger partial charge in [-0.15, -0.1) is 0 Å². The van der Waals surface area contributed by atoms with Crippen LogP contribution in [0.5, 0.6) is 0 Å². The monoisotopic (exact) mass is 413 g/mol. The van der Waals surface area contributed by atoms with E-state index in [2.05, 4.69) is 39.9 Å². The molecule has 0 saturated carbocycles. The van der Waals surface area contributed by atoms with Crippen LogP contribution in [0, 0.1) is 0 Å². The van der Waals surface area contributed by atoms with Gasteiger partial charge in [-0.3, -0.25) is 4.79 Å². The lowest BCUT2D eigenvalue weighted by atomic mass is 9.91. The summed E-state index contributed by atoms with van der Waals surface area (Å²) < 4.78 is 0. The molecule has 1 fully saturated rings. The molecule has 2 N–H and O–H groups in total. The van der Waals surface area contributed by atoms with Gasteiger partial charge in [0.05, 0.1) is 0 Å². The minimum atomic E-state index is -0.115. The SMILES string of the molecule is O=C(C1CCc2ccccc2N1)N1CCC(c2cccc(Nc3ccccn3)n2)CC1. The Morgan fingerprint density at radius 3 is 2.58 bits per heavy atom. The molecule has 158 valence electrons. The van der Waals surface area contributed by atoms with Gasteiger partial charge in [0.25, 0.3) is 0 Å². The summed E-state index contributed by atoms with van der Waals surface area (Å²) in [6.45, 7) is 1.56. The number of rotatable bonds is 4. The van der Waals surface area contributed by atoms with Crippen molar-refractivity contribution in [2.75, 3.05) is 23.7 Å². The lowest BCUT2D eigenvalue weighted by Crippen LogP contribution is -2.47. The Labute approximate surface area is 182 Å². The van der Waals surface area contributed by atoms with Crippen molar-refractivity contribution in [2.45, 2.75) is 37.6 Å². The molecule has 1 atom stereocenters. The summed E-state index contributed by atoms with van der Waals surface area (Å²) in [6.07, 6.45) is 5.46. The van der Waals surface area contributed by atoms with E-state index in [1.54, 1.807) is 6.20 Å². The molecule has 2 aliphatic rings. The number of benzene rings is 1. The number of aromatic nitrogens is 2. The molecule has 0 radical (unpaired) electrons. The van der Waals surface area contributed by atoms with E-state index in [0.717, 1.165) is 61.8 Å². The molecule has 1 unspecified atom stereocenters. The van der Waals surface area contributed by atoms with Gasteiger partial charge in [-0.2, -0.15) is 0 Å². The molecule has 31 heavy (non-hydrogen) atoms. The summed E-state index contributed by atoms with van der Waals surface area (Å²) in [5.41, 5.74) is 3.48. The Kier molecular flexibility index (Phi) is 5.52. The van der Waals surface area contributed by atoms with E-state index in [9.17, 15) is 4.79 Å². The maximum absolute atomic E-state index is 13.1. The number of pyridine rings is 2. The highest BCUT2D eigenvalue weighted by Gasteiger charge is 2.31. The first-order valence-electron chi connectivity index (χ1n) is 11.0. The van der Waals surface area contributed by atoms with Gasteiger partial charge in [-0.05, 0) is 61.6 Å². The fourth-order valence-corrected chi connectivity index (χ4v) is 4.56. The molecule has 3 aromatic rings. The van der Waals surface area contributed by atoms with Crippen LogP contribution in [-0.4, -0.2) is 39.9 Å². The number of carbonyl (C=O) groups is 1. The number of fused-ring (bicyclic) bond motifs is 1. The largest absolute Gasteiger partial charge is 0.373 e. The van der Waals surface area contributed by atoms with Crippen LogP contribution in [0.1, 0.15) is 36.4 Å². The summed E-state index contributed by atoms with van der Waals surface area (Å²) >= 11 is 0. The van der Waals surface area contributed by atoms with E-state index >= 15 is 0 Å². The number of nitrogens with one attached hydrogen (secondary N) is 2. The molecule has 1 aromatic carbocycles. The normalized spacial score (nSPS) is 18.7. The highest BCUT2D eigenvalue weighted by atomic mass is 16.2. The van der Waals surface area contributed by atoms with Crippen LogP contribution < -0.4 is 10.6 Å². The molecule has 1 saturated heterocycles. The van der Waals surface area contributed by atoms with Gasteiger partial charge in [0.15, 0.2) is 0 Å². The van der Waals surface area contributed by atoms with Gasteiger partial charge in [0, 0.05) is 36.6 Å². The first-order chi connectivity index (χ1) is 15.3. The lowest BCUT2D eigenvalue weighted by molar-refractivity contribution is -0.133. The number of likely N-dealkylation sites (tertiary alicyclic amines) is 1. The van der Waals surface area contributed by atoms with Crippen LogP contribution in [0.15, 0.2) is 66.9 Å². The fraction of sp³-hybridized carbons (Fsp3) is 0.320. The van der Waals surface area contributed by atoms with Gasteiger partial charge in [0.1, 0.15) is 17.7 Å². The first kappa shape index (κ1) is 19.5. The van der Waals surface area contributed by atoms with Crippen LogP contribution in [0.3, 0.4) is 0 Å². The van der Waals surface area contributed by atoms with Crippen molar-refractivity contribution in [1.82, 2.24) is 14.9 Å². The highest BCUT2D eigenvalue weighted by Crippen LogP contribution is 2.30. The van der Waals surface area contributed by atoms with E-state index in [4.69, 9.17) is 4.98 Å². The lowest BCUT2D eigenvalue weighted by Gasteiger charge is -2.36. The topological polar surface area (TPSA) is 70.2 Å². The zero-order chi connectivity index (χ0) is 21.0. The van der Waals surface area contributed by atoms with Crippen LogP contribution in [0.4, 0.5) is 17.3 Å². The molecule has 2 aromatic heterocycles. The van der Waals surface area contributed by atoms with Crippen molar-refractivity contribution in [3.8, 4) is 0 Å². The van der Waals surface area contributed by atoms with E-state index in [1.807, 2.05) is 41.3 Å². The minimum absolute atomic E-state index is 0.115. The summed E-state index contributed by atoms with van der Waals surface area (Å²) in [5, 5.41) is 6.72. The smallest absolute Gasteiger partial charge is 0.245 e. The van der Waals surface area contributed by atoms with Gasteiger partial charge in [0.2, 0.25) is 5.91 Å². The molecule has 4 heterocycles. The van der Waals surface area contributed by atoms with E-state index < -0.39 is 0 Å². The summed E-state index contributed by atoms with van der Waals surface area (Å²) in [7, 11) is 0. The van der Waals surface area contributed by atoms with Crippen molar-refractivity contribution in [3.05, 3.63) is 78.1 Å². The number of aryl methyl sites for hydroxylation is 1. The molecule has 0 spiro atoms. The molecular formula is C25H27N5O. The summed E-state index contributed by atoms with van der Waals surface area (Å²) in [6, 6.07) is 20.0. The molecule has 6 nitrogen and oxygen atoms in total. The summed E-state index contributed by atoms with van der Waals surface area (Å²) in [5.74, 6) is 2.19. The predicted octanol–water partition coefficient (Wildman–Crippen LogP) is 4.35. The number of hydrogen-bond acceptors (Lipinski definition) is 5. The molecular weight excluding hydrogens is 386 g/mol. The third-order valence-corrected chi connectivity index (χ3v) is 6.26. The quantitative estimate of drug-likeness (QED) is 0.665. The maximum Gasteiger partial charge on any atom is 0.245 e. The number of anilines is 3. The second-order valence-corrected chi connectivity index (χ2v) is 8.28. The number of hydrogen-bond donors (Lipinski definition) is 2. The second kappa shape index (κ2) is 8.76. The van der Waals surface area contributed by atoms with Crippen molar-refractivity contribution in [3.63, 3.8) is 0 Å². The number of amides is 1. The Bertz CT molecular complexity index is 1050. The van der Waals surface area contributed by atoms with Crippen molar-refractivity contribution in [1.29, 1.82) is 0 Å². The fourth-order valence-electron chi connectivity index (χ4n) is 4.56. The molecule has 6 heteroatoms. The van der Waals surface area contributed by atoms with Gasteiger partial charge in [-0.25, -0.2) is 9.97 Å². The standard InChI is InChI=1S/C25H27N5O/c31-25(22-12-11-18-6-1-2-7-20(18)27-22)30-16-13-19(14-17-30)21-8-5-10-24(28-21)29-23-9-3-4-15-26-23/h1-10,15,19,22,27H,11-14,16-17H2,(H,26,28,29). The van der Waals surface area contributed by atoms with Crippen molar-refractivity contribution >= 4 is 23.2 Å². The van der Waals surface area contributed by atoms with E-state index in [1.165, 1.54) is 5.56 Å². The first-order valence-corrected chi connectivity index (χ1v) is 11.0. The molecule has 5 rings (SSSR count). The third-order valence-electron chi connectivity index (χ3n) is 6.26. The molecule has 0 aliphatic carbocycles. The van der Waals surface area contributed by atoms with Gasteiger partial charge >= 0.3 is 0 Å². The minimum Gasteiger partial charge on any atom is -0.373 e. The van der Waals surface area contributed by atoms with Crippen LogP contribution >= 0.6 is 0 Å². The van der Waals surface area contributed by atoms with E-state index in [-0.39, 0.29) is 11.9 Å². The van der Waals surface area contributed by atoms with Crippen LogP contribution in [0.2, 0.25) is 0 Å². The Morgan fingerprint density at radius 2 is 1.74 bits per heavy atom. The maximum atomic E-state index is 13.1. The average Bonchev–Trinajstić information content (AvgIpc) is 2.84. The van der Waals surface area contributed by atoms with Crippen molar-refractivity contribution < 1.29 is 4.79 Å². The zero-order valence-corrected chi connectivity index (χ0v) is 17.5. The predicted molar refractivity (Wildman–Crippen MR) is 122 cm³/mol. The van der Waals surface area contributed by atoms with Gasteiger partial charge in [-0.1, -0.05) is 30.3 Å². The zero-order valence-electron chi connectivity index (χ0n) is 17.5. The number of piperidine rings is 1. The van der Waals surface area contributed by atoms with Crippen molar-refractivity contribution in [2.24, 2.45) is 0 Å². The van der Waals surface area contributed by atoms with Gasteiger partial charge < -0.3 is 15.5 Å². The Hall–Kier alpha value is -3.41. The number of nitrogens with zero attached hydrogens (tertiary/aromatic N) is 3. The average molecular weight is 414 g/mol. The number of carbonyl (C=O) groups excluding carboxylic acids is 1. The molecule has 1 amide bonds. The molecule has 2 aliphatic heterocycles. The summed E-state index contributed by atoms with van der Waals surface area (Å²) in [4.78, 5) is 24.2. The second-order valence-electron chi connectivity index (χ2n) is 8.28. The highest BCUT2D eigenvalue weighted by molar-refractivity contribution is 5.85. The van der Waals surface area contributed by atoms with Crippen LogP contribution in [0.25, 0.3) is 0 Å². The van der Waals surface area contributed by atoms with Crippen LogP contribution in [-0.2, 0) is 11.2 Å². The van der Waals surface area contributed by atoms with E-state index in [0.29, 0.717) is 5.92 Å². The Balaban J connectivity index is 1.19. The molecule has 0 bridgehead atoms. The Morgan fingerprint density at radius 1 is 0.935 bits per heavy atom.